The summed E-state index contributed by atoms with van der Waals surface area (Å²) in [6.07, 6.45) is 1.22. The lowest BCUT2D eigenvalue weighted by Gasteiger charge is -2.28. The molecule has 116 valence electrons. The maximum Gasteiger partial charge on any atom is 0.231 e. The Labute approximate surface area is 125 Å². The molecule has 0 radical (unpaired) electrons. The van der Waals surface area contributed by atoms with Crippen LogP contribution >= 0.6 is 0 Å². The first-order chi connectivity index (χ1) is 10.2. The highest BCUT2D eigenvalue weighted by atomic mass is 16.7. The SMILES string of the molecule is CCN(C(=O)CCOC)C(C)Cc1ccc2c(c1)OCO2. The molecule has 0 N–H and O–H groups in total. The predicted octanol–water partition coefficient (Wildman–Crippen LogP) is 2.23. The van der Waals surface area contributed by atoms with Crippen molar-refractivity contribution in [2.45, 2.75) is 32.7 Å². The maximum atomic E-state index is 12.2. The van der Waals surface area contributed by atoms with E-state index in [0.717, 1.165) is 23.5 Å². The van der Waals surface area contributed by atoms with Crippen LogP contribution in [0.1, 0.15) is 25.8 Å². The first kappa shape index (κ1) is 15.6. The third kappa shape index (κ3) is 3.88. The first-order valence-corrected chi connectivity index (χ1v) is 7.32. The summed E-state index contributed by atoms with van der Waals surface area (Å²) in [6, 6.07) is 6.08. The molecule has 21 heavy (non-hydrogen) atoms. The van der Waals surface area contributed by atoms with Gasteiger partial charge in [-0.25, -0.2) is 0 Å². The van der Waals surface area contributed by atoms with E-state index >= 15 is 0 Å². The Bertz CT molecular complexity index is 489. The average Bonchev–Trinajstić information content (AvgIpc) is 2.93. The van der Waals surface area contributed by atoms with Crippen molar-refractivity contribution in [3.63, 3.8) is 0 Å². The van der Waals surface area contributed by atoms with Crippen LogP contribution in [-0.2, 0) is 16.0 Å². The van der Waals surface area contributed by atoms with Crippen LogP contribution in [0.15, 0.2) is 18.2 Å². The molecular weight excluding hydrogens is 270 g/mol. The summed E-state index contributed by atoms with van der Waals surface area (Å²) >= 11 is 0. The van der Waals surface area contributed by atoms with Gasteiger partial charge in [0.25, 0.3) is 0 Å². The quantitative estimate of drug-likeness (QED) is 0.773. The molecule has 5 nitrogen and oxygen atoms in total. The van der Waals surface area contributed by atoms with Crippen LogP contribution < -0.4 is 9.47 Å². The second-order valence-corrected chi connectivity index (χ2v) is 5.16. The zero-order valence-electron chi connectivity index (χ0n) is 12.9. The van der Waals surface area contributed by atoms with Gasteiger partial charge in [0, 0.05) is 19.7 Å². The Morgan fingerprint density at radius 1 is 1.38 bits per heavy atom. The lowest BCUT2D eigenvalue weighted by molar-refractivity contribution is -0.133. The number of methoxy groups -OCH3 is 1. The molecule has 0 fully saturated rings. The molecule has 0 bridgehead atoms. The Balaban J connectivity index is 1.98. The number of nitrogens with zero attached hydrogens (tertiary/aromatic N) is 1. The monoisotopic (exact) mass is 293 g/mol. The second-order valence-electron chi connectivity index (χ2n) is 5.16. The normalized spacial score (nSPS) is 14.0. The van der Waals surface area contributed by atoms with Gasteiger partial charge in [0.15, 0.2) is 11.5 Å². The van der Waals surface area contributed by atoms with Crippen molar-refractivity contribution in [2.24, 2.45) is 0 Å². The molecule has 1 aromatic carbocycles. The van der Waals surface area contributed by atoms with Gasteiger partial charge < -0.3 is 19.1 Å². The third-order valence-corrected chi connectivity index (χ3v) is 3.68. The number of benzene rings is 1. The minimum atomic E-state index is 0.132. The fourth-order valence-corrected chi connectivity index (χ4v) is 2.59. The molecule has 0 spiro atoms. The van der Waals surface area contributed by atoms with Gasteiger partial charge in [-0.15, -0.1) is 0 Å². The molecule has 1 aliphatic heterocycles. The van der Waals surface area contributed by atoms with E-state index in [2.05, 4.69) is 6.92 Å². The molecule has 0 aliphatic carbocycles. The minimum absolute atomic E-state index is 0.132. The Hall–Kier alpha value is -1.75. The fourth-order valence-electron chi connectivity index (χ4n) is 2.59. The zero-order chi connectivity index (χ0) is 15.2. The summed E-state index contributed by atoms with van der Waals surface area (Å²) in [7, 11) is 1.61. The number of hydrogen-bond donors (Lipinski definition) is 0. The molecule has 1 aromatic rings. The predicted molar refractivity (Wildman–Crippen MR) is 79.6 cm³/mol. The van der Waals surface area contributed by atoms with Crippen molar-refractivity contribution < 1.29 is 19.0 Å². The van der Waals surface area contributed by atoms with Crippen LogP contribution in [0.25, 0.3) is 0 Å². The van der Waals surface area contributed by atoms with Crippen LogP contribution in [-0.4, -0.2) is 43.9 Å². The van der Waals surface area contributed by atoms with E-state index in [1.165, 1.54) is 0 Å². The highest BCUT2D eigenvalue weighted by Gasteiger charge is 2.20. The van der Waals surface area contributed by atoms with Gasteiger partial charge in [-0.3, -0.25) is 4.79 Å². The summed E-state index contributed by atoms with van der Waals surface area (Å²) < 4.78 is 15.7. The maximum absolute atomic E-state index is 12.2. The Morgan fingerprint density at radius 3 is 2.86 bits per heavy atom. The van der Waals surface area contributed by atoms with Crippen molar-refractivity contribution in [3.05, 3.63) is 23.8 Å². The summed E-state index contributed by atoms with van der Waals surface area (Å²) in [6.45, 7) is 5.52. The topological polar surface area (TPSA) is 48.0 Å². The smallest absolute Gasteiger partial charge is 0.231 e. The van der Waals surface area contributed by atoms with Crippen molar-refractivity contribution in [1.82, 2.24) is 4.90 Å². The van der Waals surface area contributed by atoms with Gasteiger partial charge >= 0.3 is 0 Å². The number of fused-ring (bicyclic) bond motifs is 1. The van der Waals surface area contributed by atoms with E-state index in [1.807, 2.05) is 30.0 Å². The van der Waals surface area contributed by atoms with E-state index < -0.39 is 0 Å². The van der Waals surface area contributed by atoms with Gasteiger partial charge in [-0.2, -0.15) is 0 Å². The summed E-state index contributed by atoms with van der Waals surface area (Å²) in [5.74, 6) is 1.70. The van der Waals surface area contributed by atoms with Crippen LogP contribution in [0.3, 0.4) is 0 Å². The van der Waals surface area contributed by atoms with Gasteiger partial charge in [0.2, 0.25) is 12.7 Å². The van der Waals surface area contributed by atoms with Gasteiger partial charge in [-0.1, -0.05) is 6.07 Å². The summed E-state index contributed by atoms with van der Waals surface area (Å²) in [5, 5.41) is 0. The van der Waals surface area contributed by atoms with E-state index in [9.17, 15) is 4.79 Å². The third-order valence-electron chi connectivity index (χ3n) is 3.68. The lowest BCUT2D eigenvalue weighted by Crippen LogP contribution is -2.40. The Kier molecular flexibility index (Phi) is 5.44. The lowest BCUT2D eigenvalue weighted by atomic mass is 10.0. The molecule has 1 unspecified atom stereocenters. The number of amides is 1. The second kappa shape index (κ2) is 7.31. The van der Waals surface area contributed by atoms with Gasteiger partial charge in [-0.05, 0) is 38.0 Å². The molecule has 1 aliphatic rings. The number of ether oxygens (including phenoxy) is 3. The summed E-state index contributed by atoms with van der Waals surface area (Å²) in [4.78, 5) is 14.0. The van der Waals surface area contributed by atoms with E-state index in [1.54, 1.807) is 7.11 Å². The highest BCUT2D eigenvalue weighted by molar-refractivity contribution is 5.76. The van der Waals surface area contributed by atoms with Crippen molar-refractivity contribution in [1.29, 1.82) is 0 Å². The van der Waals surface area contributed by atoms with Gasteiger partial charge in [0.05, 0.1) is 13.0 Å². The van der Waals surface area contributed by atoms with Crippen LogP contribution in [0, 0.1) is 0 Å². The van der Waals surface area contributed by atoms with Crippen LogP contribution in [0.4, 0.5) is 0 Å². The Morgan fingerprint density at radius 2 is 2.14 bits per heavy atom. The molecule has 5 heteroatoms. The minimum Gasteiger partial charge on any atom is -0.454 e. The molecule has 1 atom stereocenters. The fraction of sp³-hybridized carbons (Fsp3) is 0.562. The largest absolute Gasteiger partial charge is 0.454 e. The molecule has 1 amide bonds. The molecule has 0 aromatic heterocycles. The molecule has 0 saturated carbocycles. The van der Waals surface area contributed by atoms with E-state index in [0.29, 0.717) is 19.6 Å². The van der Waals surface area contributed by atoms with Crippen LogP contribution in [0.5, 0.6) is 11.5 Å². The highest BCUT2D eigenvalue weighted by Crippen LogP contribution is 2.33. The average molecular weight is 293 g/mol. The first-order valence-electron chi connectivity index (χ1n) is 7.32. The zero-order valence-corrected chi connectivity index (χ0v) is 12.9. The number of carbonyl (C=O) groups excluding carboxylic acids is 1. The van der Waals surface area contributed by atoms with Crippen LogP contribution in [0.2, 0.25) is 0 Å². The molecular formula is C16H23NO4. The van der Waals surface area contributed by atoms with Crippen molar-refractivity contribution in [2.75, 3.05) is 27.1 Å². The number of carbonyl (C=O) groups is 1. The standard InChI is InChI=1S/C16H23NO4/c1-4-17(16(18)7-8-19-3)12(2)9-13-5-6-14-15(10-13)21-11-20-14/h5-6,10,12H,4,7-9,11H2,1-3H3. The van der Waals surface area contributed by atoms with Crippen molar-refractivity contribution >= 4 is 5.91 Å². The molecule has 2 rings (SSSR count). The van der Waals surface area contributed by atoms with Crippen molar-refractivity contribution in [3.8, 4) is 11.5 Å². The van der Waals surface area contributed by atoms with Gasteiger partial charge in [0.1, 0.15) is 0 Å². The molecule has 1 heterocycles. The van der Waals surface area contributed by atoms with E-state index in [-0.39, 0.29) is 18.7 Å². The van der Waals surface area contributed by atoms with E-state index in [4.69, 9.17) is 14.2 Å². The molecule has 0 saturated heterocycles. The number of likely N-dealkylation sites (N-methyl/N-ethyl adjacent to an activating group) is 1. The number of rotatable bonds is 7. The number of hydrogen-bond acceptors (Lipinski definition) is 4. The summed E-state index contributed by atoms with van der Waals surface area (Å²) in [5.41, 5.74) is 1.14.